The highest BCUT2D eigenvalue weighted by molar-refractivity contribution is 5.29. The zero-order chi connectivity index (χ0) is 12.5. The molecule has 0 heterocycles. The molecule has 16 heavy (non-hydrogen) atoms. The standard InChI is InChI=1S/C10H11F4NO/c1-5(16)9(15)6-2-7(10(12,13)14)4-8(11)3-6/h2-5,9,16H,15H2,1H3. The second-order valence-corrected chi connectivity index (χ2v) is 3.54. The summed E-state index contributed by atoms with van der Waals surface area (Å²) < 4.78 is 50.0. The average Bonchev–Trinajstić information content (AvgIpc) is 2.14. The van der Waals surface area contributed by atoms with Crippen molar-refractivity contribution >= 4 is 0 Å². The van der Waals surface area contributed by atoms with Crippen LogP contribution in [0.5, 0.6) is 0 Å². The van der Waals surface area contributed by atoms with E-state index in [9.17, 15) is 17.6 Å². The molecule has 1 rings (SSSR count). The predicted octanol–water partition coefficient (Wildman–Crippen LogP) is 2.23. The molecule has 6 heteroatoms. The van der Waals surface area contributed by atoms with Crippen LogP contribution in [0.4, 0.5) is 17.6 Å². The Kier molecular flexibility index (Phi) is 3.54. The molecule has 0 radical (unpaired) electrons. The summed E-state index contributed by atoms with van der Waals surface area (Å²) in [6, 6.07) is 0.961. The molecule has 0 aliphatic heterocycles. The third kappa shape index (κ3) is 2.93. The summed E-state index contributed by atoms with van der Waals surface area (Å²) in [5, 5.41) is 9.13. The number of alkyl halides is 3. The lowest BCUT2D eigenvalue weighted by atomic mass is 10.0. The van der Waals surface area contributed by atoms with E-state index in [4.69, 9.17) is 10.8 Å². The number of aliphatic hydroxyl groups excluding tert-OH is 1. The number of halogens is 4. The van der Waals surface area contributed by atoms with Crippen LogP contribution in [-0.4, -0.2) is 11.2 Å². The number of benzene rings is 1. The van der Waals surface area contributed by atoms with Gasteiger partial charge in [0.2, 0.25) is 0 Å². The van der Waals surface area contributed by atoms with Gasteiger partial charge in [0.15, 0.2) is 0 Å². The minimum absolute atomic E-state index is 0.0812. The molecule has 0 amide bonds. The minimum Gasteiger partial charge on any atom is -0.391 e. The summed E-state index contributed by atoms with van der Waals surface area (Å²) in [5.74, 6) is -1.03. The average molecular weight is 237 g/mol. The molecule has 1 aromatic rings. The van der Waals surface area contributed by atoms with Crippen LogP contribution in [0, 0.1) is 5.82 Å². The highest BCUT2D eigenvalue weighted by atomic mass is 19.4. The van der Waals surface area contributed by atoms with E-state index in [1.54, 1.807) is 0 Å². The van der Waals surface area contributed by atoms with Crippen molar-refractivity contribution in [2.45, 2.75) is 25.2 Å². The van der Waals surface area contributed by atoms with Crippen LogP contribution >= 0.6 is 0 Å². The van der Waals surface area contributed by atoms with E-state index in [2.05, 4.69) is 0 Å². The molecule has 0 aromatic heterocycles. The van der Waals surface area contributed by atoms with E-state index in [1.165, 1.54) is 6.92 Å². The fraction of sp³-hybridized carbons (Fsp3) is 0.400. The van der Waals surface area contributed by atoms with Crippen LogP contribution in [0.25, 0.3) is 0 Å². The normalized spacial score (nSPS) is 15.9. The first-order chi connectivity index (χ1) is 7.21. The van der Waals surface area contributed by atoms with Gasteiger partial charge in [-0.25, -0.2) is 4.39 Å². The molecular weight excluding hydrogens is 226 g/mol. The van der Waals surface area contributed by atoms with Gasteiger partial charge in [-0.15, -0.1) is 0 Å². The molecule has 90 valence electrons. The Morgan fingerprint density at radius 1 is 1.25 bits per heavy atom. The maximum Gasteiger partial charge on any atom is 0.416 e. The van der Waals surface area contributed by atoms with E-state index >= 15 is 0 Å². The fourth-order valence-corrected chi connectivity index (χ4v) is 1.25. The largest absolute Gasteiger partial charge is 0.416 e. The first-order valence-electron chi connectivity index (χ1n) is 4.53. The van der Waals surface area contributed by atoms with Crippen LogP contribution in [0.1, 0.15) is 24.1 Å². The Labute approximate surface area is 89.7 Å². The molecule has 1 aromatic carbocycles. The molecule has 2 nitrogen and oxygen atoms in total. The van der Waals surface area contributed by atoms with Crippen molar-refractivity contribution in [1.29, 1.82) is 0 Å². The smallest absolute Gasteiger partial charge is 0.391 e. The summed E-state index contributed by atoms with van der Waals surface area (Å²) in [7, 11) is 0. The monoisotopic (exact) mass is 237 g/mol. The molecule has 3 N–H and O–H groups in total. The second-order valence-electron chi connectivity index (χ2n) is 3.54. The van der Waals surface area contributed by atoms with Crippen LogP contribution in [0.3, 0.4) is 0 Å². The minimum atomic E-state index is -4.63. The van der Waals surface area contributed by atoms with Gasteiger partial charge in [-0.05, 0) is 30.7 Å². The second kappa shape index (κ2) is 4.39. The SMILES string of the molecule is CC(O)C(N)c1cc(F)cc(C(F)(F)F)c1. The molecule has 0 fully saturated rings. The zero-order valence-corrected chi connectivity index (χ0v) is 8.42. The Morgan fingerprint density at radius 3 is 2.25 bits per heavy atom. The van der Waals surface area contributed by atoms with Crippen molar-refractivity contribution in [2.24, 2.45) is 5.73 Å². The molecular formula is C10H11F4NO. The molecule has 2 atom stereocenters. The van der Waals surface area contributed by atoms with Gasteiger partial charge in [0.05, 0.1) is 17.7 Å². The lowest BCUT2D eigenvalue weighted by Gasteiger charge is -2.17. The van der Waals surface area contributed by atoms with E-state index in [0.717, 1.165) is 12.1 Å². The zero-order valence-electron chi connectivity index (χ0n) is 8.42. The molecule has 0 aliphatic carbocycles. The molecule has 0 spiro atoms. The number of hydrogen-bond acceptors (Lipinski definition) is 2. The lowest BCUT2D eigenvalue weighted by Crippen LogP contribution is -2.24. The number of hydrogen-bond donors (Lipinski definition) is 2. The van der Waals surface area contributed by atoms with Crippen LogP contribution < -0.4 is 5.73 Å². The summed E-state index contributed by atoms with van der Waals surface area (Å²) in [6.07, 6.45) is -5.68. The molecule has 0 aliphatic rings. The first-order valence-corrected chi connectivity index (χ1v) is 4.53. The Morgan fingerprint density at radius 2 is 1.81 bits per heavy atom. The fourth-order valence-electron chi connectivity index (χ4n) is 1.25. The quantitative estimate of drug-likeness (QED) is 0.775. The van der Waals surface area contributed by atoms with Crippen molar-refractivity contribution in [3.63, 3.8) is 0 Å². The van der Waals surface area contributed by atoms with Crippen LogP contribution in [-0.2, 0) is 6.18 Å². The maximum absolute atomic E-state index is 12.9. The van der Waals surface area contributed by atoms with Gasteiger partial charge < -0.3 is 10.8 Å². The van der Waals surface area contributed by atoms with Gasteiger partial charge in [-0.2, -0.15) is 13.2 Å². The van der Waals surface area contributed by atoms with Gasteiger partial charge in [0.25, 0.3) is 0 Å². The molecule has 0 saturated carbocycles. The van der Waals surface area contributed by atoms with Gasteiger partial charge >= 0.3 is 6.18 Å². The van der Waals surface area contributed by atoms with Gasteiger partial charge in [0, 0.05) is 0 Å². The summed E-state index contributed by atoms with van der Waals surface area (Å²) in [5.41, 5.74) is 4.24. The van der Waals surface area contributed by atoms with E-state index in [0.29, 0.717) is 6.07 Å². The third-order valence-electron chi connectivity index (χ3n) is 2.15. The molecule has 2 unspecified atom stereocenters. The summed E-state index contributed by atoms with van der Waals surface area (Å²) >= 11 is 0. The van der Waals surface area contributed by atoms with Crippen molar-refractivity contribution in [3.8, 4) is 0 Å². The summed E-state index contributed by atoms with van der Waals surface area (Å²) in [4.78, 5) is 0. The highest BCUT2D eigenvalue weighted by Gasteiger charge is 2.32. The number of rotatable bonds is 2. The third-order valence-corrected chi connectivity index (χ3v) is 2.15. The Balaban J connectivity index is 3.18. The van der Waals surface area contributed by atoms with E-state index in [-0.39, 0.29) is 5.56 Å². The van der Waals surface area contributed by atoms with Crippen molar-refractivity contribution in [1.82, 2.24) is 0 Å². The predicted molar refractivity (Wildman–Crippen MR) is 50.0 cm³/mol. The van der Waals surface area contributed by atoms with Crippen molar-refractivity contribution in [2.75, 3.05) is 0 Å². The lowest BCUT2D eigenvalue weighted by molar-refractivity contribution is -0.137. The number of aliphatic hydroxyl groups is 1. The van der Waals surface area contributed by atoms with E-state index < -0.39 is 29.7 Å². The molecule has 0 bridgehead atoms. The van der Waals surface area contributed by atoms with Gasteiger partial charge in [-0.1, -0.05) is 0 Å². The van der Waals surface area contributed by atoms with Gasteiger partial charge in [0.1, 0.15) is 5.82 Å². The van der Waals surface area contributed by atoms with Crippen LogP contribution in [0.15, 0.2) is 18.2 Å². The highest BCUT2D eigenvalue weighted by Crippen LogP contribution is 2.31. The van der Waals surface area contributed by atoms with Crippen molar-refractivity contribution < 1.29 is 22.7 Å². The Bertz CT molecular complexity index is 376. The first kappa shape index (κ1) is 12.9. The Hall–Kier alpha value is -1.14. The number of nitrogens with two attached hydrogens (primary N) is 1. The topological polar surface area (TPSA) is 46.2 Å². The molecule has 0 saturated heterocycles. The summed E-state index contributed by atoms with van der Waals surface area (Å²) in [6.45, 7) is 1.32. The van der Waals surface area contributed by atoms with Crippen LogP contribution in [0.2, 0.25) is 0 Å². The maximum atomic E-state index is 12.9. The van der Waals surface area contributed by atoms with Crippen molar-refractivity contribution in [3.05, 3.63) is 35.1 Å². The van der Waals surface area contributed by atoms with Gasteiger partial charge in [-0.3, -0.25) is 0 Å². The van der Waals surface area contributed by atoms with E-state index in [1.807, 2.05) is 0 Å².